The molecular weight excluding hydrogens is 182 g/mol. The van der Waals surface area contributed by atoms with E-state index in [1.807, 2.05) is 0 Å². The van der Waals surface area contributed by atoms with Crippen molar-refractivity contribution in [3.05, 3.63) is 28.3 Å². The Morgan fingerprint density at radius 2 is 2.29 bits per heavy atom. The van der Waals surface area contributed by atoms with Gasteiger partial charge in [0.15, 0.2) is 5.76 Å². The second-order valence-electron chi connectivity index (χ2n) is 3.20. The van der Waals surface area contributed by atoms with Crippen LogP contribution in [0.2, 0.25) is 0 Å². The maximum absolute atomic E-state index is 11.1. The Labute approximate surface area is 82.7 Å². The third-order valence-electron chi connectivity index (χ3n) is 2.04. The van der Waals surface area contributed by atoms with Crippen molar-refractivity contribution in [3.63, 3.8) is 0 Å². The highest BCUT2D eigenvalue weighted by atomic mass is 16.5. The molecule has 1 atom stereocenters. The molecule has 1 rings (SSSR count). The highest BCUT2D eigenvalue weighted by molar-refractivity contribution is 5.21. The molecule has 0 saturated heterocycles. The number of hydrogen-bond acceptors (Lipinski definition) is 3. The van der Waals surface area contributed by atoms with Crippen LogP contribution in [0.4, 0.5) is 0 Å². The van der Waals surface area contributed by atoms with Crippen molar-refractivity contribution < 1.29 is 14.9 Å². The maximum Gasteiger partial charge on any atom is 0.339 e. The van der Waals surface area contributed by atoms with Crippen LogP contribution in [-0.4, -0.2) is 7.11 Å². The number of rotatable bonds is 4. The fourth-order valence-corrected chi connectivity index (χ4v) is 1.28. The molecule has 0 amide bonds. The molecule has 0 radical (unpaired) electrons. The molecule has 0 aromatic carbocycles. The van der Waals surface area contributed by atoms with Gasteiger partial charge in [-0.2, -0.15) is 0 Å². The lowest BCUT2D eigenvalue weighted by Gasteiger charge is -2.06. The zero-order chi connectivity index (χ0) is 10.6. The molecule has 1 aromatic rings. The van der Waals surface area contributed by atoms with Gasteiger partial charge in [0, 0.05) is 12.5 Å². The summed E-state index contributed by atoms with van der Waals surface area (Å²) >= 11 is 0. The number of hydrogen-bond donors (Lipinski definition) is 1. The van der Waals surface area contributed by atoms with Gasteiger partial charge in [-0.25, -0.2) is 4.79 Å². The lowest BCUT2D eigenvalue weighted by atomic mass is 10.1. The van der Waals surface area contributed by atoms with Gasteiger partial charge in [0.2, 0.25) is 0 Å². The molecule has 4 nitrogen and oxygen atoms in total. The normalized spacial score (nSPS) is 12.5. The van der Waals surface area contributed by atoms with Gasteiger partial charge in [0.25, 0.3) is 0 Å². The first-order chi connectivity index (χ1) is 6.67. The monoisotopic (exact) mass is 198 g/mol. The van der Waals surface area contributed by atoms with Crippen molar-refractivity contribution in [2.24, 2.45) is 0 Å². The summed E-state index contributed by atoms with van der Waals surface area (Å²) in [5, 5.41) is 0. The molecule has 78 valence electrons. The second-order valence-corrected chi connectivity index (χ2v) is 3.20. The van der Waals surface area contributed by atoms with Gasteiger partial charge in [-0.05, 0) is 0 Å². The van der Waals surface area contributed by atoms with Crippen LogP contribution < -0.4 is 16.1 Å². The first kappa shape index (κ1) is 10.8. The van der Waals surface area contributed by atoms with Crippen molar-refractivity contribution in [3.8, 4) is 5.75 Å². The van der Waals surface area contributed by atoms with Gasteiger partial charge in [0.05, 0.1) is 13.2 Å². The predicted octanol–water partition coefficient (Wildman–Crippen LogP) is 0.732. The Morgan fingerprint density at radius 3 is 2.86 bits per heavy atom. The van der Waals surface area contributed by atoms with E-state index in [1.165, 1.54) is 13.2 Å². The van der Waals surface area contributed by atoms with Crippen molar-refractivity contribution in [1.82, 2.24) is 0 Å². The van der Waals surface area contributed by atoms with Crippen molar-refractivity contribution in [2.75, 3.05) is 7.11 Å². The smallest absolute Gasteiger partial charge is 0.339 e. The molecule has 1 aromatic heterocycles. The number of quaternary nitrogens is 1. The minimum atomic E-state index is -0.385. The van der Waals surface area contributed by atoms with E-state index in [2.05, 4.69) is 12.7 Å². The highest BCUT2D eigenvalue weighted by Crippen LogP contribution is 2.16. The standard InChI is InChI=1S/C10H15NO3/c1-3-4-8(11)9-5-7(13-2)6-10(12)14-9/h5-6,8H,3-4,11H2,1-2H3/p+1/t8-/m0/s1. The lowest BCUT2D eigenvalue weighted by molar-refractivity contribution is -0.432. The van der Waals surface area contributed by atoms with Crippen LogP contribution in [0.25, 0.3) is 0 Å². The summed E-state index contributed by atoms with van der Waals surface area (Å²) in [7, 11) is 1.52. The Hall–Kier alpha value is -1.29. The summed E-state index contributed by atoms with van der Waals surface area (Å²) in [5.74, 6) is 1.12. The van der Waals surface area contributed by atoms with Crippen LogP contribution in [-0.2, 0) is 0 Å². The van der Waals surface area contributed by atoms with Crippen LogP contribution in [0.3, 0.4) is 0 Å². The van der Waals surface area contributed by atoms with E-state index in [4.69, 9.17) is 9.15 Å². The Kier molecular flexibility index (Phi) is 3.71. The van der Waals surface area contributed by atoms with Crippen LogP contribution in [0.15, 0.2) is 21.3 Å². The van der Waals surface area contributed by atoms with Crippen molar-refractivity contribution in [1.29, 1.82) is 0 Å². The molecular formula is C10H16NO3+. The van der Waals surface area contributed by atoms with Crippen molar-refractivity contribution >= 4 is 0 Å². The molecule has 14 heavy (non-hydrogen) atoms. The largest absolute Gasteiger partial charge is 0.496 e. The second kappa shape index (κ2) is 4.81. The van der Waals surface area contributed by atoms with E-state index >= 15 is 0 Å². The number of ether oxygens (including phenoxy) is 1. The first-order valence-electron chi connectivity index (χ1n) is 4.69. The van der Waals surface area contributed by atoms with Gasteiger partial charge in [0.1, 0.15) is 11.8 Å². The number of methoxy groups -OCH3 is 1. The van der Waals surface area contributed by atoms with Gasteiger partial charge in [-0.15, -0.1) is 0 Å². The molecule has 0 aliphatic rings. The molecule has 3 N–H and O–H groups in total. The Bertz CT molecular complexity index is 345. The molecule has 0 spiro atoms. The summed E-state index contributed by atoms with van der Waals surface area (Å²) in [4.78, 5) is 11.1. The van der Waals surface area contributed by atoms with E-state index in [1.54, 1.807) is 6.07 Å². The third kappa shape index (κ3) is 2.60. The summed E-state index contributed by atoms with van der Waals surface area (Å²) in [6.07, 6.45) is 1.91. The molecule has 0 aliphatic heterocycles. The van der Waals surface area contributed by atoms with Crippen LogP contribution in [0.1, 0.15) is 31.6 Å². The van der Waals surface area contributed by atoms with Gasteiger partial charge < -0.3 is 14.9 Å². The fraction of sp³-hybridized carbons (Fsp3) is 0.500. The van der Waals surface area contributed by atoms with Crippen LogP contribution in [0.5, 0.6) is 5.75 Å². The van der Waals surface area contributed by atoms with Crippen LogP contribution in [0, 0.1) is 0 Å². The average Bonchev–Trinajstić information content (AvgIpc) is 2.17. The molecule has 0 bridgehead atoms. The fourth-order valence-electron chi connectivity index (χ4n) is 1.28. The Morgan fingerprint density at radius 1 is 1.57 bits per heavy atom. The summed E-state index contributed by atoms with van der Waals surface area (Å²) in [6.45, 7) is 2.07. The summed E-state index contributed by atoms with van der Waals surface area (Å²) < 4.78 is 10.0. The van der Waals surface area contributed by atoms with Gasteiger partial charge in [-0.1, -0.05) is 13.3 Å². The van der Waals surface area contributed by atoms with Crippen molar-refractivity contribution in [2.45, 2.75) is 25.8 Å². The van der Waals surface area contributed by atoms with E-state index in [0.717, 1.165) is 12.8 Å². The minimum absolute atomic E-state index is 0.0165. The van der Waals surface area contributed by atoms with Crippen LogP contribution >= 0.6 is 0 Å². The highest BCUT2D eigenvalue weighted by Gasteiger charge is 2.13. The molecule has 0 aliphatic carbocycles. The SMILES string of the molecule is CCC[C@H]([NH3+])c1cc(OC)cc(=O)o1. The van der Waals surface area contributed by atoms with Gasteiger partial charge in [-0.3, -0.25) is 0 Å². The summed E-state index contributed by atoms with van der Waals surface area (Å²) in [5.41, 5.74) is 3.54. The Balaban J connectivity index is 2.96. The average molecular weight is 198 g/mol. The summed E-state index contributed by atoms with van der Waals surface area (Å²) in [6, 6.07) is 3.06. The van der Waals surface area contributed by atoms with E-state index in [0.29, 0.717) is 11.5 Å². The molecule has 0 unspecified atom stereocenters. The minimum Gasteiger partial charge on any atom is -0.496 e. The molecule has 4 heteroatoms. The topological polar surface area (TPSA) is 67.1 Å². The van der Waals surface area contributed by atoms with E-state index in [-0.39, 0.29) is 11.7 Å². The molecule has 1 heterocycles. The predicted molar refractivity (Wildman–Crippen MR) is 52.1 cm³/mol. The lowest BCUT2D eigenvalue weighted by Crippen LogP contribution is -2.53. The zero-order valence-corrected chi connectivity index (χ0v) is 8.58. The van der Waals surface area contributed by atoms with Gasteiger partial charge >= 0.3 is 5.63 Å². The zero-order valence-electron chi connectivity index (χ0n) is 8.58. The van der Waals surface area contributed by atoms with E-state index in [9.17, 15) is 4.79 Å². The molecule has 0 fully saturated rings. The maximum atomic E-state index is 11.1. The molecule has 0 saturated carbocycles. The van der Waals surface area contributed by atoms with E-state index < -0.39 is 0 Å². The third-order valence-corrected chi connectivity index (χ3v) is 2.04. The first-order valence-corrected chi connectivity index (χ1v) is 4.69. The quantitative estimate of drug-likeness (QED) is 0.775.